The van der Waals surface area contributed by atoms with Crippen molar-refractivity contribution in [3.05, 3.63) is 59.4 Å². The topological polar surface area (TPSA) is 83.8 Å². The Morgan fingerprint density at radius 3 is 3.08 bits per heavy atom. The number of hydrogen-bond donors (Lipinski definition) is 3. The average Bonchev–Trinajstić information content (AvgIpc) is 3.00. The zero-order chi connectivity index (χ0) is 16.5. The number of nitrogens with zero attached hydrogens (tertiary/aromatic N) is 1. The molecule has 0 aliphatic heterocycles. The van der Waals surface area contributed by atoms with E-state index in [0.717, 1.165) is 42.4 Å². The zero-order valence-corrected chi connectivity index (χ0v) is 13.4. The van der Waals surface area contributed by atoms with Crippen molar-refractivity contribution in [3.8, 4) is 0 Å². The minimum atomic E-state index is -0.107. The van der Waals surface area contributed by atoms with Gasteiger partial charge in [0.1, 0.15) is 5.65 Å². The second-order valence-electron chi connectivity index (χ2n) is 6.32. The number of H-pyrrole nitrogens is 1. The van der Waals surface area contributed by atoms with Gasteiger partial charge < -0.3 is 16.0 Å². The minimum absolute atomic E-state index is 0.0827. The molecule has 4 N–H and O–H groups in total. The van der Waals surface area contributed by atoms with Gasteiger partial charge in [0.05, 0.1) is 5.69 Å². The van der Waals surface area contributed by atoms with Crippen molar-refractivity contribution in [1.29, 1.82) is 0 Å². The van der Waals surface area contributed by atoms with Gasteiger partial charge in [0.25, 0.3) is 5.91 Å². The summed E-state index contributed by atoms with van der Waals surface area (Å²) in [7, 11) is 0. The molecule has 2 aromatic heterocycles. The number of aromatic amines is 1. The van der Waals surface area contributed by atoms with Crippen molar-refractivity contribution in [3.63, 3.8) is 0 Å². The van der Waals surface area contributed by atoms with Gasteiger partial charge in [-0.1, -0.05) is 12.5 Å². The molecule has 0 bridgehead atoms. The summed E-state index contributed by atoms with van der Waals surface area (Å²) in [4.78, 5) is 19.9. The summed E-state index contributed by atoms with van der Waals surface area (Å²) >= 11 is 0. The van der Waals surface area contributed by atoms with Crippen LogP contribution in [0.4, 0.5) is 5.69 Å². The molecule has 24 heavy (non-hydrogen) atoms. The standard InChI is InChI=1S/C19H20N4O/c20-16-4-2-1-3-12-11-13(5-6-14(12)16)19(24)23-17-8-10-22-18-15(17)7-9-21-18/h5-11,16H,1-4,20H2,(H2,21,22,23,24)/t16-/m1/s1. The van der Waals surface area contributed by atoms with Crippen LogP contribution in [0, 0.1) is 0 Å². The molecule has 0 spiro atoms. The van der Waals surface area contributed by atoms with Crippen LogP contribution in [0.3, 0.4) is 0 Å². The fourth-order valence-electron chi connectivity index (χ4n) is 3.42. The Labute approximate surface area is 140 Å². The summed E-state index contributed by atoms with van der Waals surface area (Å²) in [6, 6.07) is 9.68. The van der Waals surface area contributed by atoms with Crippen LogP contribution in [0.5, 0.6) is 0 Å². The van der Waals surface area contributed by atoms with Crippen molar-refractivity contribution in [2.24, 2.45) is 5.73 Å². The summed E-state index contributed by atoms with van der Waals surface area (Å²) in [6.07, 6.45) is 7.77. The lowest BCUT2D eigenvalue weighted by atomic mass is 9.97. The zero-order valence-electron chi connectivity index (χ0n) is 13.4. The molecule has 122 valence electrons. The van der Waals surface area contributed by atoms with E-state index in [1.54, 1.807) is 6.20 Å². The number of carbonyl (C=O) groups is 1. The predicted molar refractivity (Wildman–Crippen MR) is 95.0 cm³/mol. The van der Waals surface area contributed by atoms with Crippen LogP contribution < -0.4 is 11.1 Å². The van der Waals surface area contributed by atoms with Gasteiger partial charge in [-0.3, -0.25) is 4.79 Å². The first kappa shape index (κ1) is 14.9. The fourth-order valence-corrected chi connectivity index (χ4v) is 3.42. The lowest BCUT2D eigenvalue weighted by Crippen LogP contribution is -2.15. The highest BCUT2D eigenvalue weighted by Gasteiger charge is 2.17. The Morgan fingerprint density at radius 1 is 1.25 bits per heavy atom. The SMILES string of the molecule is N[C@@H]1CCCCc2cc(C(=O)Nc3ccnc4[nH]ccc34)ccc21. The Kier molecular flexibility index (Phi) is 3.78. The van der Waals surface area contributed by atoms with Crippen molar-refractivity contribution in [2.45, 2.75) is 31.7 Å². The molecular formula is C19H20N4O. The number of benzene rings is 1. The van der Waals surface area contributed by atoms with Crippen LogP contribution in [-0.2, 0) is 6.42 Å². The first-order valence-corrected chi connectivity index (χ1v) is 8.34. The van der Waals surface area contributed by atoms with Crippen LogP contribution in [0.25, 0.3) is 11.0 Å². The van der Waals surface area contributed by atoms with Gasteiger partial charge in [-0.15, -0.1) is 0 Å². The number of nitrogens with one attached hydrogen (secondary N) is 2. The lowest BCUT2D eigenvalue weighted by molar-refractivity contribution is 0.102. The number of anilines is 1. The summed E-state index contributed by atoms with van der Waals surface area (Å²) in [5, 5.41) is 3.90. The number of carbonyl (C=O) groups excluding carboxylic acids is 1. The third-order valence-corrected chi connectivity index (χ3v) is 4.72. The van der Waals surface area contributed by atoms with E-state index in [4.69, 9.17) is 5.73 Å². The molecular weight excluding hydrogens is 300 g/mol. The van der Waals surface area contributed by atoms with Crippen molar-refractivity contribution in [1.82, 2.24) is 9.97 Å². The number of aryl methyl sites for hydroxylation is 1. The Hall–Kier alpha value is -2.66. The van der Waals surface area contributed by atoms with E-state index in [2.05, 4.69) is 15.3 Å². The molecule has 1 aromatic carbocycles. The number of hydrogen-bond acceptors (Lipinski definition) is 3. The van der Waals surface area contributed by atoms with E-state index in [-0.39, 0.29) is 11.9 Å². The molecule has 1 atom stereocenters. The van der Waals surface area contributed by atoms with Crippen LogP contribution in [0.2, 0.25) is 0 Å². The monoisotopic (exact) mass is 320 g/mol. The van der Waals surface area contributed by atoms with Gasteiger partial charge in [-0.2, -0.15) is 0 Å². The molecule has 5 nitrogen and oxygen atoms in total. The Balaban J connectivity index is 1.63. The molecule has 5 heteroatoms. The van der Waals surface area contributed by atoms with E-state index in [1.165, 1.54) is 11.1 Å². The first-order valence-electron chi connectivity index (χ1n) is 8.34. The number of nitrogens with two attached hydrogens (primary N) is 1. The highest BCUT2D eigenvalue weighted by molar-refractivity contribution is 6.08. The fraction of sp³-hybridized carbons (Fsp3) is 0.263. The van der Waals surface area contributed by atoms with E-state index >= 15 is 0 Å². The highest BCUT2D eigenvalue weighted by atomic mass is 16.1. The third-order valence-electron chi connectivity index (χ3n) is 4.72. The van der Waals surface area contributed by atoms with Crippen molar-refractivity contribution < 1.29 is 4.79 Å². The molecule has 0 saturated carbocycles. The molecule has 1 aliphatic carbocycles. The van der Waals surface area contributed by atoms with Gasteiger partial charge >= 0.3 is 0 Å². The summed E-state index contributed by atoms with van der Waals surface area (Å²) in [5.74, 6) is -0.107. The van der Waals surface area contributed by atoms with E-state index in [0.29, 0.717) is 5.56 Å². The molecule has 2 heterocycles. The smallest absolute Gasteiger partial charge is 0.255 e. The summed E-state index contributed by atoms with van der Waals surface area (Å²) < 4.78 is 0. The molecule has 0 radical (unpaired) electrons. The third kappa shape index (κ3) is 2.67. The second kappa shape index (κ2) is 6.09. The van der Waals surface area contributed by atoms with E-state index in [9.17, 15) is 4.79 Å². The van der Waals surface area contributed by atoms with Gasteiger partial charge in [-0.05, 0) is 54.7 Å². The van der Waals surface area contributed by atoms with Gasteiger partial charge in [0.15, 0.2) is 0 Å². The molecule has 4 rings (SSSR count). The maximum absolute atomic E-state index is 12.7. The van der Waals surface area contributed by atoms with Crippen molar-refractivity contribution in [2.75, 3.05) is 5.32 Å². The Bertz CT molecular complexity index is 899. The number of aromatic nitrogens is 2. The quantitative estimate of drug-likeness (QED) is 0.631. The Morgan fingerprint density at radius 2 is 2.17 bits per heavy atom. The molecule has 1 aliphatic rings. The summed E-state index contributed by atoms with van der Waals surface area (Å²) in [6.45, 7) is 0. The molecule has 0 saturated heterocycles. The first-order chi connectivity index (χ1) is 11.7. The minimum Gasteiger partial charge on any atom is -0.346 e. The number of fused-ring (bicyclic) bond motifs is 2. The summed E-state index contributed by atoms with van der Waals surface area (Å²) in [5.41, 5.74) is 10.8. The predicted octanol–water partition coefficient (Wildman–Crippen LogP) is 3.54. The van der Waals surface area contributed by atoms with Crippen LogP contribution in [-0.4, -0.2) is 15.9 Å². The highest BCUT2D eigenvalue weighted by Crippen LogP contribution is 2.28. The lowest BCUT2D eigenvalue weighted by Gasteiger charge is -2.14. The largest absolute Gasteiger partial charge is 0.346 e. The van der Waals surface area contributed by atoms with Gasteiger partial charge in [0.2, 0.25) is 0 Å². The normalized spacial score (nSPS) is 17.3. The van der Waals surface area contributed by atoms with Crippen LogP contribution in [0.15, 0.2) is 42.7 Å². The second-order valence-corrected chi connectivity index (χ2v) is 6.32. The molecule has 0 fully saturated rings. The van der Waals surface area contributed by atoms with Crippen LogP contribution in [0.1, 0.15) is 46.8 Å². The molecule has 0 unspecified atom stereocenters. The number of amides is 1. The number of rotatable bonds is 2. The molecule has 1 amide bonds. The number of pyridine rings is 1. The molecule has 3 aromatic rings. The van der Waals surface area contributed by atoms with Gasteiger partial charge in [-0.25, -0.2) is 4.98 Å². The van der Waals surface area contributed by atoms with E-state index in [1.807, 2.05) is 36.5 Å². The van der Waals surface area contributed by atoms with Crippen molar-refractivity contribution >= 4 is 22.6 Å². The van der Waals surface area contributed by atoms with E-state index < -0.39 is 0 Å². The average molecular weight is 320 g/mol. The van der Waals surface area contributed by atoms with Gasteiger partial charge in [0, 0.05) is 29.4 Å². The maximum atomic E-state index is 12.7. The maximum Gasteiger partial charge on any atom is 0.255 e. The van der Waals surface area contributed by atoms with Crippen LogP contribution >= 0.6 is 0 Å².